The first-order valence-electron chi connectivity index (χ1n) is 5.27. The zero-order valence-corrected chi connectivity index (χ0v) is 12.7. The van der Waals surface area contributed by atoms with Crippen LogP contribution in [0.2, 0.25) is 10.0 Å². The van der Waals surface area contributed by atoms with Crippen LogP contribution < -0.4 is 5.32 Å². The number of hydrogen-bond acceptors (Lipinski definition) is 1. The molecule has 1 unspecified atom stereocenters. The van der Waals surface area contributed by atoms with E-state index in [4.69, 9.17) is 23.2 Å². The lowest BCUT2D eigenvalue weighted by Gasteiger charge is -2.20. The molecule has 1 rings (SSSR count). The minimum absolute atomic E-state index is 0.0836. The van der Waals surface area contributed by atoms with E-state index >= 15 is 0 Å². The van der Waals surface area contributed by atoms with Gasteiger partial charge < -0.3 is 5.32 Å². The van der Waals surface area contributed by atoms with Crippen molar-refractivity contribution in [2.24, 2.45) is 5.92 Å². The number of alkyl halides is 1. The largest absolute Gasteiger partial charge is 0.348 e. The van der Waals surface area contributed by atoms with E-state index in [-0.39, 0.29) is 11.9 Å². The van der Waals surface area contributed by atoms with Gasteiger partial charge in [-0.25, -0.2) is 0 Å². The lowest BCUT2D eigenvalue weighted by atomic mass is 10.1. The molecule has 94 valence electrons. The van der Waals surface area contributed by atoms with Crippen LogP contribution in [0.1, 0.15) is 24.2 Å². The summed E-state index contributed by atoms with van der Waals surface area (Å²) in [7, 11) is 0. The van der Waals surface area contributed by atoms with E-state index in [9.17, 15) is 4.79 Å². The average Bonchev–Trinajstić information content (AvgIpc) is 2.23. The highest BCUT2D eigenvalue weighted by atomic mass is 79.9. The van der Waals surface area contributed by atoms with Crippen LogP contribution in [0, 0.1) is 5.92 Å². The Morgan fingerprint density at radius 2 is 1.82 bits per heavy atom. The highest BCUT2D eigenvalue weighted by molar-refractivity contribution is 9.09. The standard InChI is InChI=1S/C12H14BrCl2NO/c1-7(2)11(6-13)16-12(17)8-3-9(14)5-10(15)4-8/h3-5,7,11H,6H2,1-2H3,(H,16,17). The molecule has 5 heteroatoms. The fourth-order valence-corrected chi connectivity index (χ4v) is 2.76. The van der Waals surface area contributed by atoms with E-state index in [1.165, 1.54) is 0 Å². The number of rotatable bonds is 4. The van der Waals surface area contributed by atoms with Crippen LogP contribution in [0.3, 0.4) is 0 Å². The Bertz CT molecular complexity index is 389. The number of nitrogens with one attached hydrogen (secondary N) is 1. The number of amides is 1. The predicted octanol–water partition coefficient (Wildman–Crippen LogP) is 4.14. The van der Waals surface area contributed by atoms with Crippen LogP contribution in [0.4, 0.5) is 0 Å². The topological polar surface area (TPSA) is 29.1 Å². The van der Waals surface area contributed by atoms with E-state index < -0.39 is 0 Å². The Kier molecular flexibility index (Phi) is 5.77. The summed E-state index contributed by atoms with van der Waals surface area (Å²) < 4.78 is 0. The van der Waals surface area contributed by atoms with Gasteiger partial charge in [0, 0.05) is 27.0 Å². The van der Waals surface area contributed by atoms with Gasteiger partial charge in [-0.3, -0.25) is 4.79 Å². The van der Waals surface area contributed by atoms with Crippen molar-refractivity contribution in [1.82, 2.24) is 5.32 Å². The maximum absolute atomic E-state index is 12.0. The fourth-order valence-electron chi connectivity index (χ4n) is 1.32. The molecule has 1 aromatic rings. The lowest BCUT2D eigenvalue weighted by Crippen LogP contribution is -2.39. The van der Waals surface area contributed by atoms with Gasteiger partial charge in [0.25, 0.3) is 5.91 Å². The molecule has 0 aliphatic carbocycles. The van der Waals surface area contributed by atoms with Crippen molar-refractivity contribution in [1.29, 1.82) is 0 Å². The van der Waals surface area contributed by atoms with Crippen LogP contribution in [0.15, 0.2) is 18.2 Å². The van der Waals surface area contributed by atoms with Gasteiger partial charge >= 0.3 is 0 Å². The number of carbonyl (C=O) groups is 1. The summed E-state index contributed by atoms with van der Waals surface area (Å²) in [5, 5.41) is 4.57. The number of hydrogen-bond donors (Lipinski definition) is 1. The Morgan fingerprint density at radius 3 is 2.24 bits per heavy atom. The molecule has 0 aliphatic heterocycles. The summed E-state index contributed by atoms with van der Waals surface area (Å²) in [6, 6.07) is 4.90. The lowest BCUT2D eigenvalue weighted by molar-refractivity contribution is 0.0932. The van der Waals surface area contributed by atoms with E-state index in [0.717, 1.165) is 0 Å². The molecule has 1 atom stereocenters. The molecule has 2 nitrogen and oxygen atoms in total. The van der Waals surface area contributed by atoms with Crippen LogP contribution in [0.5, 0.6) is 0 Å². The van der Waals surface area contributed by atoms with Crippen LogP contribution in [-0.4, -0.2) is 17.3 Å². The summed E-state index contributed by atoms with van der Waals surface area (Å²) in [6.07, 6.45) is 0. The Morgan fingerprint density at radius 1 is 1.29 bits per heavy atom. The van der Waals surface area contributed by atoms with E-state index in [1.807, 2.05) is 0 Å². The highest BCUT2D eigenvalue weighted by Gasteiger charge is 2.16. The SMILES string of the molecule is CC(C)C(CBr)NC(=O)c1cc(Cl)cc(Cl)c1. The van der Waals surface area contributed by atoms with Crippen molar-refractivity contribution in [2.75, 3.05) is 5.33 Å². The van der Waals surface area contributed by atoms with E-state index in [2.05, 4.69) is 35.1 Å². The van der Waals surface area contributed by atoms with Gasteiger partial charge in [0.05, 0.1) is 0 Å². The van der Waals surface area contributed by atoms with Crippen molar-refractivity contribution in [3.63, 3.8) is 0 Å². The van der Waals surface area contributed by atoms with Crippen molar-refractivity contribution in [2.45, 2.75) is 19.9 Å². The molecule has 0 spiro atoms. The molecule has 1 aromatic carbocycles. The minimum atomic E-state index is -0.160. The van der Waals surface area contributed by atoms with E-state index in [1.54, 1.807) is 18.2 Å². The van der Waals surface area contributed by atoms with Gasteiger partial charge in [0.2, 0.25) is 0 Å². The Labute approximate surface area is 120 Å². The molecule has 0 radical (unpaired) electrons. The highest BCUT2D eigenvalue weighted by Crippen LogP contribution is 2.19. The van der Waals surface area contributed by atoms with Crippen LogP contribution in [0.25, 0.3) is 0 Å². The summed E-state index contributed by atoms with van der Waals surface area (Å²) >= 11 is 15.1. The molecular weight excluding hydrogens is 325 g/mol. The first-order chi connectivity index (χ1) is 7.93. The maximum atomic E-state index is 12.0. The second-order valence-electron chi connectivity index (χ2n) is 4.14. The van der Waals surface area contributed by atoms with Crippen LogP contribution in [-0.2, 0) is 0 Å². The molecule has 0 bridgehead atoms. The Hall–Kier alpha value is -0.250. The van der Waals surface area contributed by atoms with Crippen molar-refractivity contribution in [3.05, 3.63) is 33.8 Å². The van der Waals surface area contributed by atoms with Gasteiger partial charge in [0.15, 0.2) is 0 Å². The minimum Gasteiger partial charge on any atom is -0.348 e. The normalized spacial score (nSPS) is 12.6. The van der Waals surface area contributed by atoms with Gasteiger partial charge in [-0.2, -0.15) is 0 Å². The first-order valence-corrected chi connectivity index (χ1v) is 7.14. The second-order valence-corrected chi connectivity index (χ2v) is 5.66. The Balaban J connectivity index is 2.82. The predicted molar refractivity (Wildman–Crippen MR) is 76.3 cm³/mol. The molecule has 0 fully saturated rings. The van der Waals surface area contributed by atoms with Crippen molar-refractivity contribution in [3.8, 4) is 0 Å². The monoisotopic (exact) mass is 337 g/mol. The third-order valence-corrected chi connectivity index (χ3v) is 3.55. The molecule has 1 amide bonds. The summed E-state index contributed by atoms with van der Waals surface area (Å²) in [4.78, 5) is 12.0. The van der Waals surface area contributed by atoms with Gasteiger partial charge in [-0.05, 0) is 24.1 Å². The molecular formula is C12H14BrCl2NO. The average molecular weight is 339 g/mol. The van der Waals surface area contributed by atoms with Gasteiger partial charge in [-0.15, -0.1) is 0 Å². The van der Waals surface area contributed by atoms with Crippen molar-refractivity contribution >= 4 is 45.0 Å². The third-order valence-electron chi connectivity index (χ3n) is 2.41. The van der Waals surface area contributed by atoms with Crippen molar-refractivity contribution < 1.29 is 4.79 Å². The first kappa shape index (κ1) is 14.8. The third kappa shape index (κ3) is 4.49. The second kappa shape index (κ2) is 6.62. The molecule has 0 heterocycles. The van der Waals surface area contributed by atoms with Crippen LogP contribution >= 0.6 is 39.1 Å². The molecule has 0 saturated carbocycles. The molecule has 0 saturated heterocycles. The molecule has 1 N–H and O–H groups in total. The van der Waals surface area contributed by atoms with E-state index in [0.29, 0.717) is 26.9 Å². The smallest absolute Gasteiger partial charge is 0.251 e. The molecule has 0 aliphatic rings. The number of benzene rings is 1. The summed E-state index contributed by atoms with van der Waals surface area (Å²) in [5.74, 6) is 0.195. The zero-order chi connectivity index (χ0) is 13.0. The maximum Gasteiger partial charge on any atom is 0.251 e. The fraction of sp³-hybridized carbons (Fsp3) is 0.417. The van der Waals surface area contributed by atoms with Gasteiger partial charge in [0.1, 0.15) is 0 Å². The number of halogens is 3. The summed E-state index contributed by atoms with van der Waals surface area (Å²) in [5.41, 5.74) is 0.481. The summed E-state index contributed by atoms with van der Waals surface area (Å²) in [6.45, 7) is 4.11. The zero-order valence-electron chi connectivity index (χ0n) is 9.64. The number of carbonyl (C=O) groups excluding carboxylic acids is 1. The van der Waals surface area contributed by atoms with Gasteiger partial charge in [-0.1, -0.05) is 53.0 Å². The quantitative estimate of drug-likeness (QED) is 0.821. The molecule has 17 heavy (non-hydrogen) atoms. The molecule has 0 aromatic heterocycles.